The summed E-state index contributed by atoms with van der Waals surface area (Å²) in [6, 6.07) is -0.107. The molecule has 0 saturated carbocycles. The number of amides is 1. The summed E-state index contributed by atoms with van der Waals surface area (Å²) in [6.45, 7) is 3.36. The van der Waals surface area contributed by atoms with E-state index in [1.165, 1.54) is 7.11 Å². The van der Waals surface area contributed by atoms with Crippen LogP contribution in [0.4, 0.5) is 5.69 Å². The summed E-state index contributed by atoms with van der Waals surface area (Å²) in [4.78, 5) is 47.1. The predicted molar refractivity (Wildman–Crippen MR) is 71.8 cm³/mol. The monoisotopic (exact) mass is 297 g/mol. The molecule has 1 rings (SSSR count). The number of H-pyrrole nitrogens is 1. The van der Waals surface area contributed by atoms with Crippen molar-refractivity contribution in [1.82, 2.24) is 10.3 Å². The average Bonchev–Trinajstić information content (AvgIpc) is 2.43. The van der Waals surface area contributed by atoms with Crippen molar-refractivity contribution in [3.8, 4) is 0 Å². The van der Waals surface area contributed by atoms with Crippen molar-refractivity contribution < 1.29 is 19.2 Å². The van der Waals surface area contributed by atoms with Crippen molar-refractivity contribution in [3.05, 3.63) is 38.3 Å². The number of ether oxygens (including phenoxy) is 1. The molecule has 0 fully saturated rings. The topological polar surface area (TPSA) is 131 Å². The Hall–Kier alpha value is -2.71. The van der Waals surface area contributed by atoms with Crippen LogP contribution in [0.2, 0.25) is 0 Å². The molecule has 21 heavy (non-hydrogen) atoms. The Kier molecular flexibility index (Phi) is 5.17. The van der Waals surface area contributed by atoms with E-state index in [-0.39, 0.29) is 5.92 Å². The van der Waals surface area contributed by atoms with E-state index in [9.17, 15) is 24.5 Å². The van der Waals surface area contributed by atoms with Gasteiger partial charge in [0.15, 0.2) is 0 Å². The molecule has 0 aliphatic carbocycles. The van der Waals surface area contributed by atoms with Crippen LogP contribution in [-0.4, -0.2) is 34.9 Å². The molecule has 1 atom stereocenters. The van der Waals surface area contributed by atoms with Crippen LogP contribution in [0.5, 0.6) is 0 Å². The summed E-state index contributed by atoms with van der Waals surface area (Å²) in [6.07, 6.45) is 0.888. The maximum Gasteiger partial charge on any atom is 0.328 e. The molecule has 9 heteroatoms. The summed E-state index contributed by atoms with van der Waals surface area (Å²) >= 11 is 0. The number of hydrogen-bond acceptors (Lipinski definition) is 6. The summed E-state index contributed by atoms with van der Waals surface area (Å²) in [5, 5.41) is 13.0. The van der Waals surface area contributed by atoms with E-state index < -0.39 is 39.7 Å². The van der Waals surface area contributed by atoms with Gasteiger partial charge >= 0.3 is 5.97 Å². The number of pyridine rings is 1. The third kappa shape index (κ3) is 3.88. The van der Waals surface area contributed by atoms with Gasteiger partial charge in [0, 0.05) is 6.07 Å². The lowest BCUT2D eigenvalue weighted by Gasteiger charge is -2.19. The number of carbonyl (C=O) groups is 2. The molecular formula is C12H15N3O6. The third-order valence-electron chi connectivity index (χ3n) is 2.75. The summed E-state index contributed by atoms with van der Waals surface area (Å²) < 4.78 is 4.55. The van der Waals surface area contributed by atoms with Gasteiger partial charge in [0.2, 0.25) is 0 Å². The zero-order valence-corrected chi connectivity index (χ0v) is 11.7. The highest BCUT2D eigenvalue weighted by Crippen LogP contribution is 2.09. The molecule has 114 valence electrons. The Bertz CT molecular complexity index is 622. The number of aromatic amines is 1. The smallest absolute Gasteiger partial charge is 0.328 e. The standard InChI is InChI=1S/C12H15N3O6/c1-6(2)9(12(18)21-3)14-11(17)8-4-7(15(19)20)5-13-10(8)16/h4-6,9H,1-3H3,(H,13,16)(H,14,17). The number of esters is 1. The van der Waals surface area contributed by atoms with Crippen LogP contribution in [0.3, 0.4) is 0 Å². The lowest BCUT2D eigenvalue weighted by molar-refractivity contribution is -0.385. The second kappa shape index (κ2) is 6.64. The van der Waals surface area contributed by atoms with Gasteiger partial charge in [-0.25, -0.2) is 4.79 Å². The van der Waals surface area contributed by atoms with Gasteiger partial charge in [0.1, 0.15) is 11.6 Å². The van der Waals surface area contributed by atoms with Crippen LogP contribution in [0.15, 0.2) is 17.1 Å². The second-order valence-corrected chi connectivity index (χ2v) is 4.58. The van der Waals surface area contributed by atoms with Gasteiger partial charge in [0.25, 0.3) is 17.2 Å². The minimum Gasteiger partial charge on any atom is -0.467 e. The zero-order valence-electron chi connectivity index (χ0n) is 11.7. The summed E-state index contributed by atoms with van der Waals surface area (Å²) in [7, 11) is 1.17. The Labute approximate surface area is 119 Å². The fraction of sp³-hybridized carbons (Fsp3) is 0.417. The Morgan fingerprint density at radius 1 is 1.43 bits per heavy atom. The van der Waals surface area contributed by atoms with Crippen LogP contribution in [0.1, 0.15) is 24.2 Å². The van der Waals surface area contributed by atoms with E-state index in [0.717, 1.165) is 12.3 Å². The highest BCUT2D eigenvalue weighted by Gasteiger charge is 2.27. The highest BCUT2D eigenvalue weighted by molar-refractivity contribution is 5.96. The first-order valence-electron chi connectivity index (χ1n) is 6.03. The van der Waals surface area contributed by atoms with Crippen LogP contribution in [-0.2, 0) is 9.53 Å². The van der Waals surface area contributed by atoms with Gasteiger partial charge in [-0.1, -0.05) is 13.8 Å². The van der Waals surface area contributed by atoms with Crippen molar-refractivity contribution in [2.24, 2.45) is 5.92 Å². The summed E-state index contributed by atoms with van der Waals surface area (Å²) in [5.74, 6) is -1.83. The molecule has 0 saturated heterocycles. The van der Waals surface area contributed by atoms with Gasteiger partial charge in [-0.2, -0.15) is 0 Å². The Morgan fingerprint density at radius 3 is 2.52 bits per heavy atom. The highest BCUT2D eigenvalue weighted by atomic mass is 16.6. The van der Waals surface area contributed by atoms with Gasteiger partial charge in [-0.05, 0) is 5.92 Å². The molecule has 0 aliphatic heterocycles. The third-order valence-corrected chi connectivity index (χ3v) is 2.75. The molecule has 1 amide bonds. The first-order chi connectivity index (χ1) is 9.77. The zero-order chi connectivity index (χ0) is 16.2. The molecule has 0 aromatic carbocycles. The Morgan fingerprint density at radius 2 is 2.05 bits per heavy atom. The number of methoxy groups -OCH3 is 1. The Balaban J connectivity index is 3.08. The van der Waals surface area contributed by atoms with Gasteiger partial charge in [-0.15, -0.1) is 0 Å². The molecule has 9 nitrogen and oxygen atoms in total. The molecular weight excluding hydrogens is 282 g/mol. The lowest BCUT2D eigenvalue weighted by atomic mass is 10.0. The van der Waals surface area contributed by atoms with Crippen LogP contribution in [0, 0.1) is 16.0 Å². The lowest BCUT2D eigenvalue weighted by Crippen LogP contribution is -2.46. The largest absolute Gasteiger partial charge is 0.467 e. The van der Waals surface area contributed by atoms with Gasteiger partial charge < -0.3 is 15.0 Å². The molecule has 1 aromatic heterocycles. The van der Waals surface area contributed by atoms with Crippen LogP contribution in [0.25, 0.3) is 0 Å². The number of nitrogens with zero attached hydrogens (tertiary/aromatic N) is 1. The van der Waals surface area contributed by atoms with Crippen molar-refractivity contribution in [2.75, 3.05) is 7.11 Å². The fourth-order valence-electron chi connectivity index (χ4n) is 1.59. The van der Waals surface area contributed by atoms with E-state index in [1.54, 1.807) is 13.8 Å². The van der Waals surface area contributed by atoms with E-state index >= 15 is 0 Å². The average molecular weight is 297 g/mol. The van der Waals surface area contributed by atoms with E-state index in [1.807, 2.05) is 0 Å². The molecule has 0 spiro atoms. The van der Waals surface area contributed by atoms with Crippen molar-refractivity contribution in [3.63, 3.8) is 0 Å². The van der Waals surface area contributed by atoms with E-state index in [0.29, 0.717) is 0 Å². The molecule has 1 heterocycles. The normalized spacial score (nSPS) is 11.8. The SMILES string of the molecule is COC(=O)C(NC(=O)c1cc([N+](=O)[O-])c[nH]c1=O)C(C)C. The summed E-state index contributed by atoms with van der Waals surface area (Å²) in [5.41, 5.74) is -1.66. The molecule has 1 unspecified atom stereocenters. The quantitative estimate of drug-likeness (QED) is 0.453. The number of nitro groups is 1. The molecule has 0 radical (unpaired) electrons. The van der Waals surface area contributed by atoms with Gasteiger partial charge in [0.05, 0.1) is 18.2 Å². The van der Waals surface area contributed by atoms with Crippen LogP contribution >= 0.6 is 0 Å². The maximum absolute atomic E-state index is 12.0. The molecule has 1 aromatic rings. The number of aromatic nitrogens is 1. The fourth-order valence-corrected chi connectivity index (χ4v) is 1.59. The van der Waals surface area contributed by atoms with Crippen molar-refractivity contribution in [2.45, 2.75) is 19.9 Å². The number of hydrogen-bond donors (Lipinski definition) is 2. The number of rotatable bonds is 5. The van der Waals surface area contributed by atoms with Crippen LogP contribution < -0.4 is 10.9 Å². The minimum absolute atomic E-state index is 0.279. The first kappa shape index (κ1) is 16.3. The maximum atomic E-state index is 12.0. The van der Waals surface area contributed by atoms with E-state index in [4.69, 9.17) is 0 Å². The minimum atomic E-state index is -0.957. The number of carbonyl (C=O) groups excluding carboxylic acids is 2. The van der Waals surface area contributed by atoms with Crippen molar-refractivity contribution >= 4 is 17.6 Å². The molecule has 2 N–H and O–H groups in total. The van der Waals surface area contributed by atoms with E-state index in [2.05, 4.69) is 15.0 Å². The predicted octanol–water partition coefficient (Wildman–Crippen LogP) is 0.210. The van der Waals surface area contributed by atoms with Crippen molar-refractivity contribution in [1.29, 1.82) is 0 Å². The molecule has 0 aliphatic rings. The molecule has 0 bridgehead atoms. The second-order valence-electron chi connectivity index (χ2n) is 4.58. The number of nitrogens with one attached hydrogen (secondary N) is 2. The van der Waals surface area contributed by atoms with Gasteiger partial charge in [-0.3, -0.25) is 19.7 Å². The first-order valence-corrected chi connectivity index (χ1v) is 6.03.